The molecule has 1 unspecified atom stereocenters. The van der Waals surface area contributed by atoms with E-state index < -0.39 is 0 Å². The molecule has 0 radical (unpaired) electrons. The van der Waals surface area contributed by atoms with E-state index in [1.54, 1.807) is 5.57 Å². The van der Waals surface area contributed by atoms with E-state index in [9.17, 15) is 0 Å². The van der Waals surface area contributed by atoms with Crippen LogP contribution in [-0.4, -0.2) is 123 Å². The zero-order valence-corrected chi connectivity index (χ0v) is 24.8. The van der Waals surface area contributed by atoms with E-state index in [-0.39, 0.29) is 0 Å². The third-order valence-electron chi connectivity index (χ3n) is 10.6. The van der Waals surface area contributed by atoms with E-state index in [0.717, 1.165) is 29.8 Å². The van der Waals surface area contributed by atoms with Crippen molar-refractivity contribution < 1.29 is 0 Å². The molecule has 4 heterocycles. The molecule has 0 aromatic rings. The molecule has 4 saturated heterocycles. The Hall–Kier alpha value is -0.460. The van der Waals surface area contributed by atoms with Crippen molar-refractivity contribution in [2.45, 2.75) is 83.3 Å². The lowest BCUT2D eigenvalue weighted by Crippen LogP contribution is -2.60. The van der Waals surface area contributed by atoms with Gasteiger partial charge in [0.15, 0.2) is 0 Å². The predicted molar refractivity (Wildman–Crippen MR) is 155 cm³/mol. The smallest absolute Gasteiger partial charge is 0.0346 e. The van der Waals surface area contributed by atoms with Crippen LogP contribution < -0.4 is 0 Å². The number of nitrogens with zero attached hydrogens (tertiary/aromatic N) is 5. The summed E-state index contributed by atoms with van der Waals surface area (Å²) in [6, 6.07) is 1.99. The van der Waals surface area contributed by atoms with Crippen LogP contribution in [0.1, 0.15) is 65.2 Å². The molecule has 5 nitrogen and oxygen atoms in total. The molecule has 0 N–H and O–H groups in total. The lowest BCUT2D eigenvalue weighted by Gasteiger charge is -2.55. The van der Waals surface area contributed by atoms with E-state index in [4.69, 9.17) is 6.58 Å². The molecule has 1 atom stereocenters. The summed E-state index contributed by atoms with van der Waals surface area (Å²) in [5.74, 6) is 3.00. The van der Waals surface area contributed by atoms with Crippen molar-refractivity contribution in [3.05, 3.63) is 12.2 Å². The first-order chi connectivity index (χ1) is 17.2. The van der Waals surface area contributed by atoms with Crippen molar-refractivity contribution in [2.24, 2.45) is 23.7 Å². The number of hydrogen-bond acceptors (Lipinski definition) is 5. The Morgan fingerprint density at radius 3 is 1.19 bits per heavy atom. The highest BCUT2D eigenvalue weighted by atomic mass is 15.3. The van der Waals surface area contributed by atoms with E-state index >= 15 is 0 Å². The molecule has 4 fully saturated rings. The zero-order chi connectivity index (χ0) is 25.8. The molecule has 0 bridgehead atoms. The van der Waals surface area contributed by atoms with E-state index in [2.05, 4.69) is 66.5 Å². The number of likely N-dealkylation sites (tertiary alicyclic amines) is 4. The predicted octanol–water partition coefficient (Wildman–Crippen LogP) is 4.36. The molecule has 0 amide bonds. The third kappa shape index (κ3) is 6.94. The molecule has 4 aliphatic rings. The van der Waals surface area contributed by atoms with Gasteiger partial charge in [-0.25, -0.2) is 0 Å². The van der Waals surface area contributed by atoms with Crippen LogP contribution in [0.25, 0.3) is 0 Å². The minimum Gasteiger partial charge on any atom is -0.306 e. The largest absolute Gasteiger partial charge is 0.306 e. The molecule has 5 heteroatoms. The van der Waals surface area contributed by atoms with Crippen LogP contribution in [0.3, 0.4) is 0 Å². The second-order valence-corrected chi connectivity index (χ2v) is 13.5. The van der Waals surface area contributed by atoms with E-state index in [1.165, 1.54) is 104 Å². The highest BCUT2D eigenvalue weighted by molar-refractivity contribution is 5.15. The summed E-state index contributed by atoms with van der Waals surface area (Å²) in [5, 5.41) is 0. The highest BCUT2D eigenvalue weighted by Gasteiger charge is 2.46. The maximum Gasteiger partial charge on any atom is 0.0346 e. The average molecular weight is 502 g/mol. The van der Waals surface area contributed by atoms with Gasteiger partial charge >= 0.3 is 0 Å². The summed E-state index contributed by atoms with van der Waals surface area (Å²) in [6.45, 7) is 19.9. The van der Waals surface area contributed by atoms with E-state index in [1.807, 2.05) is 0 Å². The van der Waals surface area contributed by atoms with Gasteiger partial charge in [0.1, 0.15) is 0 Å². The summed E-state index contributed by atoms with van der Waals surface area (Å²) in [6.07, 6.45) is 10.8. The highest BCUT2D eigenvalue weighted by Crippen LogP contribution is 2.44. The van der Waals surface area contributed by atoms with Crippen LogP contribution in [0.4, 0.5) is 0 Å². The van der Waals surface area contributed by atoms with Crippen molar-refractivity contribution >= 4 is 0 Å². The van der Waals surface area contributed by atoms with Gasteiger partial charge in [0.2, 0.25) is 0 Å². The van der Waals surface area contributed by atoms with Gasteiger partial charge in [-0.3, -0.25) is 4.90 Å². The van der Waals surface area contributed by atoms with Crippen LogP contribution >= 0.6 is 0 Å². The second-order valence-electron chi connectivity index (χ2n) is 13.5. The fourth-order valence-corrected chi connectivity index (χ4v) is 8.04. The Bertz CT molecular complexity index is 570. The molecular weight excluding hydrogens is 442 g/mol. The van der Waals surface area contributed by atoms with Crippen molar-refractivity contribution in [3.63, 3.8) is 0 Å². The van der Waals surface area contributed by atoms with Gasteiger partial charge in [0.05, 0.1) is 0 Å². The third-order valence-corrected chi connectivity index (χ3v) is 10.6. The van der Waals surface area contributed by atoms with Gasteiger partial charge in [-0.15, -0.1) is 0 Å². The van der Waals surface area contributed by atoms with Gasteiger partial charge in [-0.05, 0) is 156 Å². The Morgan fingerprint density at radius 2 is 0.889 bits per heavy atom. The molecule has 208 valence electrons. The van der Waals surface area contributed by atoms with Crippen LogP contribution in [0.5, 0.6) is 0 Å². The summed E-state index contributed by atoms with van der Waals surface area (Å²) in [7, 11) is 9.30. The Balaban J connectivity index is 1.72. The Kier molecular flexibility index (Phi) is 10.4. The SMILES string of the molecule is C=C(C(C)C)C(C(C1CCN(C)CC1)C1CCN(C)CC1)N(C1CCN(C)CC1)C1CCN(C)CC1. The van der Waals surface area contributed by atoms with Gasteiger partial charge in [-0.2, -0.15) is 0 Å². The Morgan fingerprint density at radius 1 is 0.583 bits per heavy atom. The monoisotopic (exact) mass is 501 g/mol. The lowest BCUT2D eigenvalue weighted by molar-refractivity contribution is -0.0346. The molecule has 36 heavy (non-hydrogen) atoms. The first-order valence-electron chi connectivity index (χ1n) is 15.4. The normalized spacial score (nSPS) is 27.5. The molecule has 0 aromatic carbocycles. The van der Waals surface area contributed by atoms with Crippen molar-refractivity contribution in [1.82, 2.24) is 24.5 Å². The number of hydrogen-bond donors (Lipinski definition) is 0. The molecule has 0 saturated carbocycles. The van der Waals surface area contributed by atoms with Crippen molar-refractivity contribution in [2.75, 3.05) is 80.5 Å². The van der Waals surface area contributed by atoms with Gasteiger partial charge in [0, 0.05) is 18.1 Å². The molecule has 0 spiro atoms. The quantitative estimate of drug-likeness (QED) is 0.458. The van der Waals surface area contributed by atoms with Crippen LogP contribution in [0, 0.1) is 23.7 Å². The van der Waals surface area contributed by atoms with Gasteiger partial charge in [-0.1, -0.05) is 26.0 Å². The van der Waals surface area contributed by atoms with Crippen LogP contribution in [-0.2, 0) is 0 Å². The topological polar surface area (TPSA) is 16.2 Å². The van der Waals surface area contributed by atoms with E-state index in [0.29, 0.717) is 12.0 Å². The summed E-state index contributed by atoms with van der Waals surface area (Å²) < 4.78 is 0. The summed E-state index contributed by atoms with van der Waals surface area (Å²) in [4.78, 5) is 13.4. The minimum atomic E-state index is 0.550. The fourth-order valence-electron chi connectivity index (χ4n) is 8.04. The summed E-state index contributed by atoms with van der Waals surface area (Å²) in [5.41, 5.74) is 1.55. The van der Waals surface area contributed by atoms with Gasteiger partial charge in [0.25, 0.3) is 0 Å². The molecule has 4 aliphatic heterocycles. The number of rotatable bonds is 8. The molecule has 0 aromatic heterocycles. The molecule has 0 aliphatic carbocycles. The maximum absolute atomic E-state index is 4.95. The first-order valence-corrected chi connectivity index (χ1v) is 15.4. The fraction of sp³-hybridized carbons (Fsp3) is 0.935. The minimum absolute atomic E-state index is 0.550. The van der Waals surface area contributed by atoms with Crippen LogP contribution in [0.2, 0.25) is 0 Å². The maximum atomic E-state index is 4.95. The zero-order valence-electron chi connectivity index (χ0n) is 24.8. The number of piperidine rings is 4. The van der Waals surface area contributed by atoms with Crippen molar-refractivity contribution in [3.8, 4) is 0 Å². The lowest BCUT2D eigenvalue weighted by atomic mass is 9.66. The first kappa shape index (κ1) is 28.5. The van der Waals surface area contributed by atoms with Gasteiger partial charge < -0.3 is 19.6 Å². The average Bonchev–Trinajstić information content (AvgIpc) is 2.87. The van der Waals surface area contributed by atoms with Crippen molar-refractivity contribution in [1.29, 1.82) is 0 Å². The standard InChI is InChI=1S/C31H59N5/c1-24(2)25(3)31(30(26-8-16-32(4)17-9-26)27-10-18-33(5)19-11-27)36(28-12-20-34(6)21-13-28)29-14-22-35(7)23-15-29/h24,26-31H,3,8-23H2,1-2,4-7H3. The Labute approximate surface area is 224 Å². The molecule has 4 rings (SSSR count). The second kappa shape index (κ2) is 13.1. The molecular formula is C31H59N5. The summed E-state index contributed by atoms with van der Waals surface area (Å²) >= 11 is 0. The van der Waals surface area contributed by atoms with Crippen LogP contribution in [0.15, 0.2) is 12.2 Å².